The van der Waals surface area contributed by atoms with Crippen molar-refractivity contribution in [1.82, 2.24) is 14.5 Å². The summed E-state index contributed by atoms with van der Waals surface area (Å²) >= 11 is 0.171. The number of halogens is 6. The van der Waals surface area contributed by atoms with Crippen LogP contribution in [-0.4, -0.2) is 28.7 Å². The fraction of sp³-hybridized carbons (Fsp3) is 0.333. The number of thiophene rings is 1. The van der Waals surface area contributed by atoms with E-state index in [1.165, 1.54) is 18.5 Å². The molecule has 0 fully saturated rings. The van der Waals surface area contributed by atoms with E-state index in [-0.39, 0.29) is 33.1 Å². The quantitative estimate of drug-likeness (QED) is 0.558. The summed E-state index contributed by atoms with van der Waals surface area (Å²) in [5.74, 6) is -0.638. The molecule has 0 aromatic carbocycles. The minimum absolute atomic E-state index is 0.116. The van der Waals surface area contributed by atoms with Crippen LogP contribution < -0.4 is 0 Å². The Kier molecular flexibility index (Phi) is 4.73. The van der Waals surface area contributed by atoms with Gasteiger partial charge in [0.15, 0.2) is 15.7 Å². The Labute approximate surface area is 158 Å². The minimum Gasteiger partial charge on any atom is -0.325 e. The molecule has 0 saturated heterocycles. The lowest BCUT2D eigenvalue weighted by Gasteiger charge is -2.05. The summed E-state index contributed by atoms with van der Waals surface area (Å²) in [5, 5.41) is 0. The van der Waals surface area contributed by atoms with Crippen LogP contribution in [0.2, 0.25) is 0 Å². The van der Waals surface area contributed by atoms with Crippen molar-refractivity contribution in [3.05, 3.63) is 28.9 Å². The van der Waals surface area contributed by atoms with Gasteiger partial charge in [0.25, 0.3) is 0 Å². The lowest BCUT2D eigenvalue weighted by atomic mass is 10.3. The van der Waals surface area contributed by atoms with Crippen molar-refractivity contribution in [2.24, 2.45) is 7.05 Å². The normalized spacial score (nSPS) is 13.4. The number of aromatic nitrogens is 3. The topological polar surface area (TPSA) is 64.8 Å². The number of sulfone groups is 1. The average Bonchev–Trinajstić information content (AvgIpc) is 3.16. The highest BCUT2D eigenvalue weighted by Gasteiger charge is 2.37. The van der Waals surface area contributed by atoms with Crippen molar-refractivity contribution in [2.75, 3.05) is 5.75 Å². The maximum atomic E-state index is 13.1. The molecule has 28 heavy (non-hydrogen) atoms. The van der Waals surface area contributed by atoms with E-state index in [0.717, 1.165) is 6.20 Å². The second kappa shape index (κ2) is 6.44. The summed E-state index contributed by atoms with van der Waals surface area (Å²) in [4.78, 5) is 5.27. The van der Waals surface area contributed by atoms with E-state index in [1.807, 2.05) is 0 Å². The Morgan fingerprint density at radius 3 is 2.29 bits per heavy atom. The zero-order valence-electron chi connectivity index (χ0n) is 14.2. The Balaban J connectivity index is 2.30. The highest BCUT2D eigenvalue weighted by atomic mass is 32.2. The van der Waals surface area contributed by atoms with Gasteiger partial charge < -0.3 is 4.57 Å². The molecular weight excluding hydrogens is 432 g/mol. The monoisotopic (exact) mass is 443 g/mol. The Morgan fingerprint density at radius 2 is 1.75 bits per heavy atom. The van der Waals surface area contributed by atoms with Gasteiger partial charge in [-0.1, -0.05) is 6.92 Å². The summed E-state index contributed by atoms with van der Waals surface area (Å²) in [7, 11) is -2.68. The summed E-state index contributed by atoms with van der Waals surface area (Å²) in [6.45, 7) is 1.28. The van der Waals surface area contributed by atoms with Gasteiger partial charge in [-0.2, -0.15) is 26.3 Å². The molecule has 0 unspecified atom stereocenters. The number of aryl methyl sites for hydroxylation is 1. The lowest BCUT2D eigenvalue weighted by Crippen LogP contribution is -2.07. The second-order valence-corrected chi connectivity index (χ2v) is 9.05. The van der Waals surface area contributed by atoms with Crippen LogP contribution in [0.5, 0.6) is 0 Å². The van der Waals surface area contributed by atoms with Crippen LogP contribution in [0.25, 0.3) is 21.7 Å². The smallest absolute Gasteiger partial charge is 0.325 e. The van der Waals surface area contributed by atoms with E-state index in [4.69, 9.17) is 0 Å². The van der Waals surface area contributed by atoms with Gasteiger partial charge in [0.05, 0.1) is 32.8 Å². The van der Waals surface area contributed by atoms with Gasteiger partial charge in [-0.3, -0.25) is 0 Å². The maximum Gasteiger partial charge on any atom is 0.433 e. The molecule has 0 aliphatic rings. The fourth-order valence-corrected chi connectivity index (χ4v) is 5.01. The standard InChI is InChI=1S/C15H11F6N3O2S2/c1-3-28(25,26)9-5-11(15(19,20)21)27-12(9)13-23-7-4-10(14(16,17)18)22-6-8(7)24(13)2/h4-6H,3H2,1-2H3. The summed E-state index contributed by atoms with van der Waals surface area (Å²) in [6, 6.07) is 1.18. The highest BCUT2D eigenvalue weighted by molar-refractivity contribution is 7.91. The number of pyridine rings is 1. The largest absolute Gasteiger partial charge is 0.433 e. The summed E-state index contributed by atoms with van der Waals surface area (Å²) in [6.07, 6.45) is -8.62. The van der Waals surface area contributed by atoms with Crippen LogP contribution in [0.1, 0.15) is 17.5 Å². The molecule has 3 rings (SSSR count). The lowest BCUT2D eigenvalue weighted by molar-refractivity contribution is -0.141. The fourth-order valence-electron chi connectivity index (χ4n) is 2.50. The number of alkyl halides is 6. The van der Waals surface area contributed by atoms with Crippen LogP contribution in [-0.2, 0) is 29.2 Å². The van der Waals surface area contributed by atoms with Crippen molar-refractivity contribution in [2.45, 2.75) is 24.2 Å². The van der Waals surface area contributed by atoms with E-state index >= 15 is 0 Å². The number of hydrogen-bond acceptors (Lipinski definition) is 5. The molecule has 0 aliphatic carbocycles. The molecule has 0 saturated carbocycles. The van der Waals surface area contributed by atoms with Gasteiger partial charge in [0.1, 0.15) is 10.6 Å². The molecule has 152 valence electrons. The van der Waals surface area contributed by atoms with Crippen molar-refractivity contribution in [1.29, 1.82) is 0 Å². The molecule has 13 heteroatoms. The number of hydrogen-bond donors (Lipinski definition) is 0. The van der Waals surface area contributed by atoms with Gasteiger partial charge in [0.2, 0.25) is 0 Å². The number of imidazole rings is 1. The van der Waals surface area contributed by atoms with Crippen LogP contribution in [0.3, 0.4) is 0 Å². The highest BCUT2D eigenvalue weighted by Crippen LogP contribution is 2.43. The first-order chi connectivity index (χ1) is 12.8. The van der Waals surface area contributed by atoms with E-state index in [1.54, 1.807) is 0 Å². The third-order valence-corrected chi connectivity index (χ3v) is 7.01. The third kappa shape index (κ3) is 3.48. The molecule has 0 N–H and O–H groups in total. The zero-order chi connectivity index (χ0) is 21.1. The molecule has 3 heterocycles. The SMILES string of the molecule is CCS(=O)(=O)c1cc(C(F)(F)F)sc1-c1nc2cc(C(F)(F)F)ncc2n1C. The molecule has 0 aliphatic heterocycles. The van der Waals surface area contributed by atoms with Crippen molar-refractivity contribution in [3.63, 3.8) is 0 Å². The van der Waals surface area contributed by atoms with Gasteiger partial charge in [0, 0.05) is 7.05 Å². The Hall–Kier alpha value is -2.15. The van der Waals surface area contributed by atoms with Crippen molar-refractivity contribution >= 4 is 32.2 Å². The van der Waals surface area contributed by atoms with E-state index in [0.29, 0.717) is 12.1 Å². The van der Waals surface area contributed by atoms with Crippen LogP contribution in [0.15, 0.2) is 23.2 Å². The maximum absolute atomic E-state index is 13.1. The predicted molar refractivity (Wildman–Crippen MR) is 89.6 cm³/mol. The third-order valence-electron chi connectivity index (χ3n) is 3.95. The van der Waals surface area contributed by atoms with Crippen LogP contribution in [0, 0.1) is 0 Å². The van der Waals surface area contributed by atoms with Crippen molar-refractivity contribution < 1.29 is 34.8 Å². The molecular formula is C15H11F6N3O2S2. The zero-order valence-corrected chi connectivity index (χ0v) is 15.8. The van der Waals surface area contributed by atoms with E-state index in [2.05, 4.69) is 9.97 Å². The predicted octanol–water partition coefficient (Wildman–Crippen LogP) is 4.53. The number of nitrogens with zero attached hydrogens (tertiary/aromatic N) is 3. The molecule has 0 atom stereocenters. The Bertz CT molecular complexity index is 1160. The average molecular weight is 443 g/mol. The van der Waals surface area contributed by atoms with Crippen LogP contribution in [0.4, 0.5) is 26.3 Å². The Morgan fingerprint density at radius 1 is 1.11 bits per heavy atom. The molecule has 5 nitrogen and oxygen atoms in total. The first-order valence-electron chi connectivity index (χ1n) is 7.59. The van der Waals surface area contributed by atoms with Gasteiger partial charge >= 0.3 is 12.4 Å². The molecule has 3 aromatic rings. The van der Waals surface area contributed by atoms with Gasteiger partial charge in [-0.15, -0.1) is 11.3 Å². The molecule has 0 amide bonds. The first-order valence-corrected chi connectivity index (χ1v) is 10.1. The van der Waals surface area contributed by atoms with E-state index in [9.17, 15) is 34.8 Å². The van der Waals surface area contributed by atoms with Gasteiger partial charge in [-0.05, 0) is 12.1 Å². The summed E-state index contributed by atoms with van der Waals surface area (Å²) < 4.78 is 104. The minimum atomic E-state index is -4.78. The summed E-state index contributed by atoms with van der Waals surface area (Å²) in [5.41, 5.74) is -1.26. The van der Waals surface area contributed by atoms with E-state index < -0.39 is 43.4 Å². The second-order valence-electron chi connectivity index (χ2n) is 5.76. The van der Waals surface area contributed by atoms with Crippen molar-refractivity contribution in [3.8, 4) is 10.7 Å². The number of rotatable bonds is 3. The molecule has 0 bridgehead atoms. The van der Waals surface area contributed by atoms with Gasteiger partial charge in [-0.25, -0.2) is 18.4 Å². The number of fused-ring (bicyclic) bond motifs is 1. The van der Waals surface area contributed by atoms with Crippen LogP contribution >= 0.6 is 11.3 Å². The molecule has 0 spiro atoms. The molecule has 0 radical (unpaired) electrons. The molecule has 3 aromatic heterocycles. The first kappa shape index (κ1) is 20.6.